The summed E-state index contributed by atoms with van der Waals surface area (Å²) in [5.74, 6) is 0.678. The zero-order valence-electron chi connectivity index (χ0n) is 23.7. The molecule has 0 spiro atoms. The van der Waals surface area contributed by atoms with E-state index in [2.05, 4.69) is 35.6 Å². The van der Waals surface area contributed by atoms with E-state index in [0.717, 1.165) is 50.2 Å². The highest BCUT2D eigenvalue weighted by atomic mass is 35.5. The molecule has 3 aromatic heterocycles. The summed E-state index contributed by atoms with van der Waals surface area (Å²) in [5.41, 5.74) is 1.87. The molecule has 1 saturated carbocycles. The molecule has 1 aliphatic carbocycles. The second kappa shape index (κ2) is 11.5. The number of nitriles is 1. The lowest BCUT2D eigenvalue weighted by atomic mass is 10.1. The number of benzene rings is 2. The Balaban J connectivity index is 1.05. The van der Waals surface area contributed by atoms with E-state index in [9.17, 15) is 10.1 Å². The molecule has 2 aliphatic rings. The van der Waals surface area contributed by atoms with Gasteiger partial charge in [-0.05, 0) is 49.4 Å². The molecule has 11 nitrogen and oxygen atoms in total. The number of imidazole rings is 1. The van der Waals surface area contributed by atoms with Crippen LogP contribution in [0.25, 0.3) is 22.4 Å². The van der Waals surface area contributed by atoms with Gasteiger partial charge in [-0.3, -0.25) is 14.4 Å². The molecule has 0 amide bonds. The highest BCUT2D eigenvalue weighted by molar-refractivity contribution is 6.30. The van der Waals surface area contributed by atoms with Crippen molar-refractivity contribution < 1.29 is 13.7 Å². The quantitative estimate of drug-likeness (QED) is 0.245. The number of aromatic nitrogens is 6. The average Bonchev–Trinajstić information content (AvgIpc) is 3.56. The van der Waals surface area contributed by atoms with Crippen LogP contribution in [0.3, 0.4) is 0 Å². The number of nitrogens with one attached hydrogen (secondary N) is 1. The average molecular weight is 615 g/mol. The number of H-pyrrole nitrogens is 1. The zero-order chi connectivity index (χ0) is 30.3. The van der Waals surface area contributed by atoms with Crippen molar-refractivity contribution in [2.75, 3.05) is 13.1 Å². The first-order valence-electron chi connectivity index (χ1n) is 14.5. The van der Waals surface area contributed by atoms with Gasteiger partial charge in [-0.1, -0.05) is 28.9 Å². The molecule has 224 valence electrons. The van der Waals surface area contributed by atoms with Crippen molar-refractivity contribution in [1.29, 1.82) is 5.26 Å². The topological polar surface area (TPSA) is 139 Å². The number of piperidine rings is 1. The van der Waals surface area contributed by atoms with E-state index < -0.39 is 17.0 Å². The molecule has 1 aliphatic heterocycles. The van der Waals surface area contributed by atoms with Gasteiger partial charge in [0, 0.05) is 49.4 Å². The maximum atomic E-state index is 15.2. The van der Waals surface area contributed by atoms with Crippen molar-refractivity contribution in [3.05, 3.63) is 87.3 Å². The monoisotopic (exact) mass is 614 g/mol. The maximum Gasteiger partial charge on any atom is 0.439 e. The van der Waals surface area contributed by atoms with Crippen LogP contribution < -0.4 is 10.5 Å². The molecule has 0 bridgehead atoms. The van der Waals surface area contributed by atoms with E-state index >= 15 is 4.39 Å². The molecule has 5 aromatic rings. The second-order valence-corrected chi connectivity index (χ2v) is 11.9. The van der Waals surface area contributed by atoms with Gasteiger partial charge in [-0.2, -0.15) is 10.2 Å². The summed E-state index contributed by atoms with van der Waals surface area (Å²) in [7, 11) is 0. The van der Waals surface area contributed by atoms with Crippen LogP contribution in [0, 0.1) is 22.6 Å². The predicted octanol–water partition coefficient (Wildman–Crippen LogP) is 4.90. The van der Waals surface area contributed by atoms with Crippen molar-refractivity contribution in [3.63, 3.8) is 0 Å². The first-order valence-corrected chi connectivity index (χ1v) is 14.9. The summed E-state index contributed by atoms with van der Waals surface area (Å²) in [6, 6.07) is 14.8. The number of likely N-dealkylation sites (tertiary alicyclic amines) is 1. The Morgan fingerprint density at radius 3 is 2.66 bits per heavy atom. The van der Waals surface area contributed by atoms with Crippen molar-refractivity contribution in [1.82, 2.24) is 34.6 Å². The third-order valence-corrected chi connectivity index (χ3v) is 8.56. The van der Waals surface area contributed by atoms with Gasteiger partial charge >= 0.3 is 5.76 Å². The number of halogens is 2. The molecule has 2 aromatic carbocycles. The van der Waals surface area contributed by atoms with Gasteiger partial charge in [-0.25, -0.2) is 19.2 Å². The van der Waals surface area contributed by atoms with Crippen molar-refractivity contribution in [3.8, 4) is 23.3 Å². The van der Waals surface area contributed by atoms with Crippen LogP contribution in [0.15, 0.2) is 58.0 Å². The summed E-state index contributed by atoms with van der Waals surface area (Å²) in [6.07, 6.45) is 5.53. The second-order valence-electron chi connectivity index (χ2n) is 11.5. The van der Waals surface area contributed by atoms with Crippen molar-refractivity contribution in [2.24, 2.45) is 5.41 Å². The number of hydrogen-bond acceptors (Lipinski definition) is 9. The highest BCUT2D eigenvalue weighted by Crippen LogP contribution is 2.47. The van der Waals surface area contributed by atoms with E-state index in [-0.39, 0.29) is 17.5 Å². The van der Waals surface area contributed by atoms with Gasteiger partial charge in [0.1, 0.15) is 23.6 Å². The van der Waals surface area contributed by atoms with E-state index in [4.69, 9.17) is 21.3 Å². The van der Waals surface area contributed by atoms with Gasteiger partial charge in [0.2, 0.25) is 5.88 Å². The van der Waals surface area contributed by atoms with Crippen LogP contribution in [-0.4, -0.2) is 53.8 Å². The van der Waals surface area contributed by atoms with Gasteiger partial charge in [0.05, 0.1) is 34.6 Å². The summed E-state index contributed by atoms with van der Waals surface area (Å²) in [6.45, 7) is 2.54. The van der Waals surface area contributed by atoms with Crippen LogP contribution >= 0.6 is 11.6 Å². The fourth-order valence-electron chi connectivity index (χ4n) is 5.65. The Morgan fingerprint density at radius 1 is 1.16 bits per heavy atom. The first-order chi connectivity index (χ1) is 21.4. The predicted molar refractivity (Wildman–Crippen MR) is 158 cm³/mol. The molecule has 13 heteroatoms. The largest absolute Gasteiger partial charge is 0.474 e. The van der Waals surface area contributed by atoms with E-state index in [0.29, 0.717) is 47.3 Å². The number of aromatic amines is 1. The van der Waals surface area contributed by atoms with Crippen molar-refractivity contribution in [2.45, 2.75) is 51.3 Å². The fraction of sp³-hybridized carbons (Fsp3) is 0.355. The van der Waals surface area contributed by atoms with Crippen molar-refractivity contribution >= 4 is 22.6 Å². The molecule has 44 heavy (non-hydrogen) atoms. The smallest absolute Gasteiger partial charge is 0.439 e. The minimum Gasteiger partial charge on any atom is -0.474 e. The number of nitrogens with zero attached hydrogens (tertiary/aromatic N) is 7. The third-order valence-electron chi connectivity index (χ3n) is 8.31. The highest BCUT2D eigenvalue weighted by Gasteiger charge is 2.44. The Kier molecular flexibility index (Phi) is 7.35. The fourth-order valence-corrected chi connectivity index (χ4v) is 5.78. The maximum absolute atomic E-state index is 15.2. The van der Waals surface area contributed by atoms with Crippen LogP contribution in [-0.2, 0) is 19.5 Å². The Hall–Kier alpha value is -4.60. The molecule has 0 unspecified atom stereocenters. The van der Waals surface area contributed by atoms with Crippen LogP contribution in [0.4, 0.5) is 4.39 Å². The summed E-state index contributed by atoms with van der Waals surface area (Å²) in [4.78, 5) is 30.0. The Labute approximate surface area is 256 Å². The van der Waals surface area contributed by atoms with Gasteiger partial charge in [0.15, 0.2) is 5.82 Å². The number of rotatable bonds is 9. The van der Waals surface area contributed by atoms with Gasteiger partial charge in [0.25, 0.3) is 0 Å². The summed E-state index contributed by atoms with van der Waals surface area (Å²) < 4.78 is 28.0. The minimum atomic E-state index is -0.763. The number of fused-ring (bicyclic) bond motifs is 1. The SMILES string of the molecule is N#CC1(Cn2c(CN3CCC(Oc4ccnc(Cc5ccc(Cl)cc5)n4)CC3)nc3cc(-c4noc(=O)[nH]4)c(F)cc32)CC1. The van der Waals surface area contributed by atoms with E-state index in [1.165, 1.54) is 6.07 Å². The Morgan fingerprint density at radius 2 is 1.95 bits per heavy atom. The van der Waals surface area contributed by atoms with Crippen LogP contribution in [0.5, 0.6) is 5.88 Å². The normalized spacial score (nSPS) is 16.7. The summed E-state index contributed by atoms with van der Waals surface area (Å²) >= 11 is 6.00. The van der Waals surface area contributed by atoms with Crippen LogP contribution in [0.1, 0.15) is 42.9 Å². The van der Waals surface area contributed by atoms with Crippen LogP contribution in [0.2, 0.25) is 5.02 Å². The molecular formula is C31H28ClFN8O3. The number of ether oxygens (including phenoxy) is 1. The zero-order valence-corrected chi connectivity index (χ0v) is 24.4. The molecular weight excluding hydrogens is 587 g/mol. The van der Waals surface area contributed by atoms with E-state index in [1.54, 1.807) is 18.3 Å². The first kappa shape index (κ1) is 28.2. The lowest BCUT2D eigenvalue weighted by Crippen LogP contribution is -2.38. The lowest BCUT2D eigenvalue weighted by molar-refractivity contribution is 0.0909. The summed E-state index contributed by atoms with van der Waals surface area (Å²) in [5, 5.41) is 14.1. The van der Waals surface area contributed by atoms with Gasteiger partial charge in [-0.15, -0.1) is 0 Å². The van der Waals surface area contributed by atoms with E-state index in [1.807, 2.05) is 28.8 Å². The molecule has 0 radical (unpaired) electrons. The third kappa shape index (κ3) is 5.93. The molecule has 1 saturated heterocycles. The minimum absolute atomic E-state index is 0.00375. The lowest BCUT2D eigenvalue weighted by Gasteiger charge is -2.31. The molecule has 4 heterocycles. The molecule has 1 N–H and O–H groups in total. The molecule has 0 atom stereocenters. The standard InChI is InChI=1S/C31H28ClFN8O3/c32-20-3-1-19(2-4-20)13-26-35-10-5-28(37-26)43-21-6-11-40(12-7-21)16-27-36-24-14-22(29-38-30(42)44-39-29)23(33)15-25(24)41(27)18-31(17-34)8-9-31/h1-5,10,14-15,21H,6-9,11-13,16,18H2,(H,38,39,42). The molecule has 2 fully saturated rings. The Bertz CT molecular complexity index is 1920. The van der Waals surface area contributed by atoms with Gasteiger partial charge < -0.3 is 9.30 Å². The molecule has 7 rings (SSSR count). The number of hydrogen-bond donors (Lipinski definition) is 1.